The minimum absolute atomic E-state index is 0.0640. The van der Waals surface area contributed by atoms with Crippen molar-refractivity contribution in [2.75, 3.05) is 12.9 Å². The van der Waals surface area contributed by atoms with Gasteiger partial charge in [-0.25, -0.2) is 5.43 Å². The summed E-state index contributed by atoms with van der Waals surface area (Å²) in [5.74, 6) is -0.140. The second-order valence-corrected chi connectivity index (χ2v) is 8.14. The molecule has 0 aliphatic heterocycles. The van der Waals surface area contributed by atoms with Gasteiger partial charge in [-0.2, -0.15) is 5.10 Å². The summed E-state index contributed by atoms with van der Waals surface area (Å²) in [5, 5.41) is 24.0. The molecule has 0 bridgehead atoms. The van der Waals surface area contributed by atoms with Crippen LogP contribution in [0.1, 0.15) is 15.9 Å². The molecule has 0 aliphatic rings. The van der Waals surface area contributed by atoms with E-state index in [1.807, 2.05) is 59.2 Å². The zero-order valence-corrected chi connectivity index (χ0v) is 19.4. The summed E-state index contributed by atoms with van der Waals surface area (Å²) in [6.45, 7) is 0. The van der Waals surface area contributed by atoms with E-state index in [9.17, 15) is 14.7 Å². The molecule has 4 aromatic rings. The number of methoxy groups -OCH3 is 1. The lowest BCUT2D eigenvalue weighted by molar-refractivity contribution is -0.255. The van der Waals surface area contributed by atoms with Crippen molar-refractivity contribution in [1.82, 2.24) is 20.2 Å². The number of nitrogens with zero attached hydrogens (tertiary/aromatic N) is 4. The van der Waals surface area contributed by atoms with Crippen molar-refractivity contribution in [3.8, 4) is 22.8 Å². The molecule has 1 amide bonds. The fraction of sp³-hybridized carbons (Fsp3) is 0.0800. The molecule has 0 spiro atoms. The summed E-state index contributed by atoms with van der Waals surface area (Å²) in [7, 11) is 1.61. The average Bonchev–Trinajstić information content (AvgIpc) is 3.32. The smallest absolute Gasteiger partial charge is 0.250 e. The van der Waals surface area contributed by atoms with E-state index < -0.39 is 5.97 Å². The number of ether oxygens (including phenoxy) is 1. The number of rotatable bonds is 9. The maximum atomic E-state index is 12.3. The Kier molecular flexibility index (Phi) is 7.53. The molecular formula is C25H20N5O4S-. The van der Waals surface area contributed by atoms with Gasteiger partial charge in [0.1, 0.15) is 5.75 Å². The van der Waals surface area contributed by atoms with Crippen LogP contribution in [0.4, 0.5) is 0 Å². The summed E-state index contributed by atoms with van der Waals surface area (Å²) in [6, 6.07) is 23.1. The van der Waals surface area contributed by atoms with Crippen molar-refractivity contribution in [2.24, 2.45) is 5.10 Å². The third-order valence-electron chi connectivity index (χ3n) is 4.88. The van der Waals surface area contributed by atoms with Gasteiger partial charge >= 0.3 is 0 Å². The van der Waals surface area contributed by atoms with Gasteiger partial charge in [0.2, 0.25) is 0 Å². The van der Waals surface area contributed by atoms with Gasteiger partial charge in [-0.05, 0) is 47.5 Å². The largest absolute Gasteiger partial charge is 0.545 e. The fourth-order valence-corrected chi connectivity index (χ4v) is 3.89. The van der Waals surface area contributed by atoms with E-state index >= 15 is 0 Å². The molecular weight excluding hydrogens is 466 g/mol. The number of thioether (sulfide) groups is 1. The summed E-state index contributed by atoms with van der Waals surface area (Å²) >= 11 is 1.23. The lowest BCUT2D eigenvalue weighted by atomic mass is 10.1. The molecule has 1 N–H and O–H groups in total. The Morgan fingerprint density at radius 1 is 1.03 bits per heavy atom. The van der Waals surface area contributed by atoms with Crippen molar-refractivity contribution in [1.29, 1.82) is 0 Å². The highest BCUT2D eigenvalue weighted by atomic mass is 32.2. The van der Waals surface area contributed by atoms with E-state index in [0.29, 0.717) is 16.5 Å². The van der Waals surface area contributed by atoms with Gasteiger partial charge in [0, 0.05) is 11.3 Å². The number of amides is 1. The molecule has 10 heteroatoms. The van der Waals surface area contributed by atoms with Gasteiger partial charge in [-0.3, -0.25) is 9.36 Å². The first kappa shape index (κ1) is 23.7. The lowest BCUT2D eigenvalue weighted by Gasteiger charge is -2.10. The zero-order chi connectivity index (χ0) is 24.6. The number of para-hydroxylation sites is 1. The number of aromatic carboxylic acids is 1. The lowest BCUT2D eigenvalue weighted by Crippen LogP contribution is -2.22. The number of carboxylic acid groups (broad SMARTS) is 1. The number of benzene rings is 3. The Hall–Kier alpha value is -4.44. The second-order valence-electron chi connectivity index (χ2n) is 7.20. The second kappa shape index (κ2) is 11.1. The maximum absolute atomic E-state index is 12.3. The standard InChI is InChI=1S/C25H21N5O4S/c1-34-21-13-11-18(12-14-21)23-28-29-25(30(23)20-5-3-2-4-6-20)35-16-22(31)27-26-15-17-7-9-19(10-8-17)24(32)33/h2-15H,16H2,1H3,(H,27,31)(H,32,33)/p-1/b26-15-. The molecule has 4 rings (SSSR count). The van der Waals surface area contributed by atoms with Crippen molar-refractivity contribution >= 4 is 29.9 Å². The van der Waals surface area contributed by atoms with E-state index in [1.54, 1.807) is 19.2 Å². The number of nitrogens with one attached hydrogen (secondary N) is 1. The van der Waals surface area contributed by atoms with E-state index in [1.165, 1.54) is 30.1 Å². The van der Waals surface area contributed by atoms with Gasteiger partial charge in [0.15, 0.2) is 11.0 Å². The minimum atomic E-state index is -1.25. The Morgan fingerprint density at radius 3 is 2.40 bits per heavy atom. The number of aromatic nitrogens is 3. The number of hydrazone groups is 1. The van der Waals surface area contributed by atoms with Gasteiger partial charge in [0.25, 0.3) is 5.91 Å². The molecule has 0 atom stereocenters. The van der Waals surface area contributed by atoms with Crippen LogP contribution in [0, 0.1) is 0 Å². The first-order chi connectivity index (χ1) is 17.0. The quantitative estimate of drug-likeness (QED) is 0.219. The van der Waals surface area contributed by atoms with Gasteiger partial charge in [-0.1, -0.05) is 54.2 Å². The first-order valence-electron chi connectivity index (χ1n) is 10.5. The molecule has 0 radical (unpaired) electrons. The maximum Gasteiger partial charge on any atom is 0.250 e. The third kappa shape index (κ3) is 5.92. The van der Waals surface area contributed by atoms with Crippen LogP contribution in [-0.4, -0.2) is 45.7 Å². The summed E-state index contributed by atoms with van der Waals surface area (Å²) in [4.78, 5) is 23.1. The SMILES string of the molecule is COc1ccc(-c2nnc(SCC(=O)N/N=C\c3ccc(C(=O)[O-])cc3)n2-c2ccccc2)cc1. The van der Waals surface area contributed by atoms with Crippen LogP contribution in [-0.2, 0) is 4.79 Å². The molecule has 1 heterocycles. The molecule has 176 valence electrons. The van der Waals surface area contributed by atoms with Crippen LogP contribution in [0.5, 0.6) is 5.75 Å². The predicted octanol–water partition coefficient (Wildman–Crippen LogP) is 2.55. The van der Waals surface area contributed by atoms with Crippen LogP contribution in [0.25, 0.3) is 17.1 Å². The van der Waals surface area contributed by atoms with E-state index in [2.05, 4.69) is 20.7 Å². The van der Waals surface area contributed by atoms with Gasteiger partial charge in [0.05, 0.1) is 25.0 Å². The van der Waals surface area contributed by atoms with Crippen LogP contribution in [0.3, 0.4) is 0 Å². The number of hydrogen-bond donors (Lipinski definition) is 1. The Morgan fingerprint density at radius 2 is 1.74 bits per heavy atom. The van der Waals surface area contributed by atoms with E-state index in [0.717, 1.165) is 17.0 Å². The van der Waals surface area contributed by atoms with Crippen LogP contribution in [0.2, 0.25) is 0 Å². The topological polar surface area (TPSA) is 122 Å². The zero-order valence-electron chi connectivity index (χ0n) is 18.6. The number of carbonyl (C=O) groups excluding carboxylic acids is 2. The Labute approximate surface area is 205 Å². The Bertz CT molecular complexity index is 1340. The van der Waals surface area contributed by atoms with Crippen LogP contribution in [0.15, 0.2) is 89.1 Å². The summed E-state index contributed by atoms with van der Waals surface area (Å²) in [6.07, 6.45) is 1.43. The molecule has 0 unspecified atom stereocenters. The highest BCUT2D eigenvalue weighted by Crippen LogP contribution is 2.28. The Balaban J connectivity index is 1.46. The summed E-state index contributed by atoms with van der Waals surface area (Å²) in [5.41, 5.74) is 4.88. The van der Waals surface area contributed by atoms with Gasteiger partial charge in [-0.15, -0.1) is 10.2 Å². The van der Waals surface area contributed by atoms with Crippen molar-refractivity contribution in [3.63, 3.8) is 0 Å². The molecule has 0 saturated heterocycles. The first-order valence-corrected chi connectivity index (χ1v) is 11.4. The molecule has 0 saturated carbocycles. The highest BCUT2D eigenvalue weighted by molar-refractivity contribution is 7.99. The third-order valence-corrected chi connectivity index (χ3v) is 5.81. The molecule has 3 aromatic carbocycles. The number of carbonyl (C=O) groups is 2. The van der Waals surface area contributed by atoms with Crippen molar-refractivity contribution < 1.29 is 19.4 Å². The highest BCUT2D eigenvalue weighted by Gasteiger charge is 2.17. The molecule has 0 aliphatic carbocycles. The minimum Gasteiger partial charge on any atom is -0.545 e. The monoisotopic (exact) mass is 486 g/mol. The molecule has 1 aromatic heterocycles. The van der Waals surface area contributed by atoms with E-state index in [-0.39, 0.29) is 17.2 Å². The van der Waals surface area contributed by atoms with Crippen molar-refractivity contribution in [3.05, 3.63) is 90.0 Å². The van der Waals surface area contributed by atoms with Gasteiger partial charge < -0.3 is 14.6 Å². The van der Waals surface area contributed by atoms with Crippen molar-refractivity contribution in [2.45, 2.75) is 5.16 Å². The summed E-state index contributed by atoms with van der Waals surface area (Å²) < 4.78 is 7.13. The molecule has 35 heavy (non-hydrogen) atoms. The fourth-order valence-electron chi connectivity index (χ4n) is 3.15. The van der Waals surface area contributed by atoms with Crippen LogP contribution < -0.4 is 15.3 Å². The van der Waals surface area contributed by atoms with E-state index in [4.69, 9.17) is 4.74 Å². The number of carboxylic acids is 1. The normalized spacial score (nSPS) is 10.9. The molecule has 0 fully saturated rings. The number of hydrogen-bond acceptors (Lipinski definition) is 8. The molecule has 9 nitrogen and oxygen atoms in total. The average molecular weight is 487 g/mol. The predicted molar refractivity (Wildman–Crippen MR) is 131 cm³/mol. The van der Waals surface area contributed by atoms with Crippen LogP contribution >= 0.6 is 11.8 Å².